The Morgan fingerprint density at radius 1 is 0.850 bits per heavy atom. The summed E-state index contributed by atoms with van der Waals surface area (Å²) in [6.07, 6.45) is 11.8. The standard InChI is InChI=1S/C35H36NO2.C18H23FGeN.Ir/c1-21-17-22(2)33(23(3)18-21)27-11-12-29-32(20-27)38-35-28(13-14-31(37-5)34(29)35)30-19-26(15-16-36-30)24(4)25-9-7-6-8-10-25;1-13(2)10-15-11-18(14-6-8-16(19)9-7-14)21-12-17(15)20(3,4)5;/h11-12,14-20,24-25H,6-10H2,1-5H3;6,8-9,11-13H,10H2,1-5H3;/q2*-1;. The van der Waals surface area contributed by atoms with E-state index in [4.69, 9.17) is 14.1 Å². The third kappa shape index (κ3) is 9.99. The van der Waals surface area contributed by atoms with Crippen LogP contribution in [0.3, 0.4) is 0 Å². The second-order valence-electron chi connectivity index (χ2n) is 18.2. The number of hydrogen-bond acceptors (Lipinski definition) is 4. The molecule has 0 amide bonds. The third-order valence-corrected chi connectivity index (χ3v) is 16.4. The van der Waals surface area contributed by atoms with Crippen molar-refractivity contribution in [2.75, 3.05) is 7.11 Å². The van der Waals surface area contributed by atoms with Gasteiger partial charge in [0, 0.05) is 37.4 Å². The minimum absolute atomic E-state index is 0. The summed E-state index contributed by atoms with van der Waals surface area (Å²) in [6.45, 7) is 13.4. The Morgan fingerprint density at radius 3 is 2.23 bits per heavy atom. The van der Waals surface area contributed by atoms with Gasteiger partial charge in [-0.3, -0.25) is 0 Å². The van der Waals surface area contributed by atoms with Crippen molar-refractivity contribution in [3.05, 3.63) is 131 Å². The average Bonchev–Trinajstić information content (AvgIpc) is 3.59. The second kappa shape index (κ2) is 19.3. The molecule has 1 unspecified atom stereocenters. The van der Waals surface area contributed by atoms with Crippen LogP contribution in [0.2, 0.25) is 17.3 Å². The van der Waals surface area contributed by atoms with Gasteiger partial charge < -0.3 is 14.1 Å². The van der Waals surface area contributed by atoms with E-state index in [1.807, 2.05) is 18.5 Å². The Kier molecular flexibility index (Phi) is 14.6. The number of aryl methyl sites for hydroxylation is 3. The number of methoxy groups -OCH3 is 1. The van der Waals surface area contributed by atoms with Gasteiger partial charge in [0.25, 0.3) is 0 Å². The molecule has 315 valence electrons. The Hall–Kier alpha value is -4.10. The first-order valence-electron chi connectivity index (χ1n) is 21.4. The molecule has 60 heavy (non-hydrogen) atoms. The van der Waals surface area contributed by atoms with Gasteiger partial charge in [-0.1, -0.05) is 73.2 Å². The monoisotopic (exact) mass is 1040 g/mol. The molecule has 3 aromatic heterocycles. The molecule has 1 aliphatic carbocycles. The molecule has 4 aromatic carbocycles. The van der Waals surface area contributed by atoms with Crippen molar-refractivity contribution in [1.29, 1.82) is 0 Å². The minimum atomic E-state index is -1.93. The number of furan rings is 1. The number of pyridine rings is 2. The van der Waals surface area contributed by atoms with Gasteiger partial charge >= 0.3 is 130 Å². The quantitative estimate of drug-likeness (QED) is 0.107. The number of fused-ring (bicyclic) bond motifs is 3. The van der Waals surface area contributed by atoms with Gasteiger partial charge in [-0.2, -0.15) is 0 Å². The molecule has 1 saturated carbocycles. The van der Waals surface area contributed by atoms with Crippen LogP contribution in [0.4, 0.5) is 4.39 Å². The first-order valence-corrected chi connectivity index (χ1v) is 28.7. The fraction of sp³-hybridized carbons (Fsp3) is 0.358. The van der Waals surface area contributed by atoms with Crippen LogP contribution < -0.4 is 9.13 Å². The molecular weight excluding hydrogens is 980 g/mol. The summed E-state index contributed by atoms with van der Waals surface area (Å²) in [5.41, 5.74) is 14.2. The van der Waals surface area contributed by atoms with Gasteiger partial charge in [0.05, 0.1) is 12.7 Å². The van der Waals surface area contributed by atoms with E-state index in [1.165, 1.54) is 82.0 Å². The third-order valence-electron chi connectivity index (χ3n) is 12.1. The summed E-state index contributed by atoms with van der Waals surface area (Å²) in [7, 11) is 1.71. The predicted molar refractivity (Wildman–Crippen MR) is 247 cm³/mol. The van der Waals surface area contributed by atoms with Crippen molar-refractivity contribution in [1.82, 2.24) is 9.97 Å². The van der Waals surface area contributed by atoms with Gasteiger partial charge in [0.1, 0.15) is 5.58 Å². The number of rotatable bonds is 9. The Balaban J connectivity index is 0.000000234. The van der Waals surface area contributed by atoms with Crippen molar-refractivity contribution < 1.29 is 33.6 Å². The first-order chi connectivity index (χ1) is 28.2. The zero-order valence-electron chi connectivity index (χ0n) is 37.0. The maximum absolute atomic E-state index is 13.0. The van der Waals surface area contributed by atoms with E-state index in [-0.39, 0.29) is 25.9 Å². The number of nitrogens with zero attached hydrogens (tertiary/aromatic N) is 2. The van der Waals surface area contributed by atoms with Crippen molar-refractivity contribution in [2.24, 2.45) is 11.8 Å². The molecule has 1 atom stereocenters. The molecule has 0 N–H and O–H groups in total. The predicted octanol–water partition coefficient (Wildman–Crippen LogP) is 14.2. The zero-order chi connectivity index (χ0) is 42.0. The second-order valence-corrected chi connectivity index (χ2v) is 28.8. The smallest absolute Gasteiger partial charge is 0.121 e. The summed E-state index contributed by atoms with van der Waals surface area (Å²) in [5, 5.41) is 2.03. The number of benzene rings is 4. The SMILES string of the molecule is CC(C)Cc1cc(-c2[c-]cc(F)cc2)nc[c]1[Ge]([CH3])([CH3])[CH3].COc1c[c-]c(-c2cc(C(C)C3CCCCC3)ccn2)c2oc3cc(-c4c(C)cc(C)cc4C)ccc3c12.[Ir]. The van der Waals surface area contributed by atoms with Gasteiger partial charge in [0.15, 0.2) is 0 Å². The number of aromatic nitrogens is 2. The largest absolute Gasteiger partial charge is 0.539 e. The fourth-order valence-electron chi connectivity index (χ4n) is 9.20. The molecule has 8 rings (SSSR count). The summed E-state index contributed by atoms with van der Waals surface area (Å²) in [4.78, 5) is 9.38. The van der Waals surface area contributed by atoms with E-state index in [9.17, 15) is 4.39 Å². The van der Waals surface area contributed by atoms with Crippen LogP contribution >= 0.6 is 0 Å². The summed E-state index contributed by atoms with van der Waals surface area (Å²) in [6, 6.07) is 30.5. The Bertz CT molecular complexity index is 2560. The van der Waals surface area contributed by atoms with Crippen LogP contribution in [0, 0.1) is 50.6 Å². The topological polar surface area (TPSA) is 48.2 Å². The Labute approximate surface area is 373 Å². The van der Waals surface area contributed by atoms with Crippen LogP contribution in [-0.2, 0) is 26.5 Å². The molecule has 1 aliphatic rings. The molecular formula is C53H59FGeIrN2O2-2. The van der Waals surface area contributed by atoms with Crippen LogP contribution in [-0.4, -0.2) is 30.3 Å². The van der Waals surface area contributed by atoms with E-state index >= 15 is 0 Å². The Morgan fingerprint density at radius 2 is 1.58 bits per heavy atom. The van der Waals surface area contributed by atoms with E-state index in [2.05, 4.69) is 124 Å². The number of ether oxygens (including phenoxy) is 1. The molecule has 1 fully saturated rings. The summed E-state index contributed by atoms with van der Waals surface area (Å²) >= 11 is -1.93. The van der Waals surface area contributed by atoms with E-state index in [0.29, 0.717) is 11.8 Å². The van der Waals surface area contributed by atoms with E-state index < -0.39 is 13.3 Å². The van der Waals surface area contributed by atoms with E-state index in [1.54, 1.807) is 13.2 Å². The maximum Gasteiger partial charge on any atom is 0.121 e. The fourth-order valence-corrected chi connectivity index (χ4v) is 12.5. The van der Waals surface area contributed by atoms with Crippen LogP contribution in [0.25, 0.3) is 55.6 Å². The molecule has 4 nitrogen and oxygen atoms in total. The minimum Gasteiger partial charge on any atom is -0.539 e. The van der Waals surface area contributed by atoms with Crippen molar-refractivity contribution in [2.45, 2.75) is 103 Å². The van der Waals surface area contributed by atoms with Crippen molar-refractivity contribution in [3.63, 3.8) is 0 Å². The molecule has 3 heterocycles. The van der Waals surface area contributed by atoms with Crippen LogP contribution in [0.15, 0.2) is 89.6 Å². The molecule has 1 radical (unpaired) electrons. The van der Waals surface area contributed by atoms with Crippen molar-refractivity contribution in [3.8, 4) is 39.4 Å². The van der Waals surface area contributed by atoms with Crippen LogP contribution in [0.5, 0.6) is 5.75 Å². The van der Waals surface area contributed by atoms with Crippen LogP contribution in [0.1, 0.15) is 86.6 Å². The average molecular weight is 1040 g/mol. The zero-order valence-corrected chi connectivity index (χ0v) is 41.5. The molecule has 0 bridgehead atoms. The first kappa shape index (κ1) is 45.4. The number of halogens is 1. The molecule has 0 aliphatic heterocycles. The van der Waals surface area contributed by atoms with Gasteiger partial charge in [0.2, 0.25) is 0 Å². The molecule has 0 saturated heterocycles. The van der Waals surface area contributed by atoms with Crippen molar-refractivity contribution >= 4 is 39.6 Å². The maximum atomic E-state index is 13.0. The van der Waals surface area contributed by atoms with E-state index in [0.717, 1.165) is 68.1 Å². The molecule has 0 spiro atoms. The molecule has 7 aromatic rings. The number of hydrogen-bond donors (Lipinski definition) is 0. The normalized spacial score (nSPS) is 13.9. The van der Waals surface area contributed by atoms with Gasteiger partial charge in [-0.05, 0) is 90.9 Å². The summed E-state index contributed by atoms with van der Waals surface area (Å²) < 4.78 is 26.9. The summed E-state index contributed by atoms with van der Waals surface area (Å²) in [5.74, 6) is 9.56. The molecule has 7 heteroatoms. The van der Waals surface area contributed by atoms with Gasteiger partial charge in [-0.25, -0.2) is 0 Å². The van der Waals surface area contributed by atoms with Gasteiger partial charge in [-0.15, -0.1) is 12.1 Å².